The van der Waals surface area contributed by atoms with Gasteiger partial charge in [-0.1, -0.05) is 6.92 Å². The van der Waals surface area contributed by atoms with E-state index in [0.717, 1.165) is 34.5 Å². The molecule has 24 heavy (non-hydrogen) atoms. The van der Waals surface area contributed by atoms with Crippen LogP contribution in [0.2, 0.25) is 0 Å². The number of hydrogen-bond donors (Lipinski definition) is 1. The number of anilines is 1. The number of thiophene rings is 1. The standard InChI is InChI=1S/C18H22N4OS/c1-5-12-8-15(24-10-12)14-9-13-11(4)20-18(19-6-2)21-16(13)22(7-3)17(14)23/h8-10H,5-7H2,1-4H3,(H,19,20,21). The van der Waals surface area contributed by atoms with Gasteiger partial charge < -0.3 is 5.32 Å². The monoisotopic (exact) mass is 342 g/mol. The van der Waals surface area contributed by atoms with Gasteiger partial charge in [-0.05, 0) is 50.3 Å². The molecule has 0 bridgehead atoms. The average molecular weight is 342 g/mol. The summed E-state index contributed by atoms with van der Waals surface area (Å²) in [6, 6.07) is 4.05. The molecular weight excluding hydrogens is 320 g/mol. The first kappa shape index (κ1) is 16.6. The number of nitrogens with one attached hydrogen (secondary N) is 1. The van der Waals surface area contributed by atoms with E-state index < -0.39 is 0 Å². The molecule has 1 N–H and O–H groups in total. The molecule has 0 fully saturated rings. The van der Waals surface area contributed by atoms with Gasteiger partial charge in [-0.3, -0.25) is 9.36 Å². The van der Waals surface area contributed by atoms with Crippen molar-refractivity contribution in [3.8, 4) is 10.4 Å². The summed E-state index contributed by atoms with van der Waals surface area (Å²) < 4.78 is 1.74. The molecule has 3 aromatic rings. The lowest BCUT2D eigenvalue weighted by atomic mass is 10.1. The van der Waals surface area contributed by atoms with Crippen molar-refractivity contribution in [2.24, 2.45) is 0 Å². The predicted octanol–water partition coefficient (Wildman–Crippen LogP) is 3.84. The average Bonchev–Trinajstić information content (AvgIpc) is 3.04. The molecule has 126 valence electrons. The summed E-state index contributed by atoms with van der Waals surface area (Å²) >= 11 is 1.62. The molecule has 0 unspecified atom stereocenters. The summed E-state index contributed by atoms with van der Waals surface area (Å²) in [7, 11) is 0. The number of hydrogen-bond acceptors (Lipinski definition) is 5. The van der Waals surface area contributed by atoms with Gasteiger partial charge in [0.15, 0.2) is 0 Å². The lowest BCUT2D eigenvalue weighted by molar-refractivity contribution is 0.750. The number of aromatic nitrogens is 3. The zero-order valence-electron chi connectivity index (χ0n) is 14.5. The highest BCUT2D eigenvalue weighted by Gasteiger charge is 2.15. The first-order valence-electron chi connectivity index (χ1n) is 8.32. The quantitative estimate of drug-likeness (QED) is 0.765. The fraction of sp³-hybridized carbons (Fsp3) is 0.389. The number of rotatable bonds is 5. The Hall–Kier alpha value is -2.21. The zero-order valence-corrected chi connectivity index (χ0v) is 15.3. The number of aryl methyl sites for hydroxylation is 3. The van der Waals surface area contributed by atoms with Crippen molar-refractivity contribution in [3.05, 3.63) is 39.1 Å². The Balaban J connectivity index is 2.30. The Morgan fingerprint density at radius 2 is 2.00 bits per heavy atom. The van der Waals surface area contributed by atoms with Crippen molar-refractivity contribution < 1.29 is 0 Å². The van der Waals surface area contributed by atoms with Gasteiger partial charge in [0.05, 0.1) is 11.3 Å². The molecule has 0 saturated carbocycles. The SMILES string of the molecule is CCNc1nc(C)c2cc(-c3cc(CC)cs3)c(=O)n(CC)c2n1. The van der Waals surface area contributed by atoms with Crippen molar-refractivity contribution >= 4 is 28.3 Å². The minimum Gasteiger partial charge on any atom is -0.354 e. The Bertz CT molecular complexity index is 942. The smallest absolute Gasteiger partial charge is 0.260 e. The first-order chi connectivity index (χ1) is 11.6. The third kappa shape index (κ3) is 2.82. The molecule has 3 rings (SSSR count). The lowest BCUT2D eigenvalue weighted by Crippen LogP contribution is -2.22. The van der Waals surface area contributed by atoms with Gasteiger partial charge >= 0.3 is 0 Å². The second-order valence-corrected chi connectivity index (χ2v) is 6.59. The number of pyridine rings is 1. The predicted molar refractivity (Wildman–Crippen MR) is 101 cm³/mol. The molecule has 0 aliphatic rings. The summed E-state index contributed by atoms with van der Waals surface area (Å²) in [5, 5.41) is 6.18. The van der Waals surface area contributed by atoms with Gasteiger partial charge in [-0.15, -0.1) is 11.3 Å². The highest BCUT2D eigenvalue weighted by Crippen LogP contribution is 2.28. The summed E-state index contributed by atoms with van der Waals surface area (Å²) in [6.45, 7) is 9.38. The second kappa shape index (κ2) is 6.73. The Kier molecular flexibility index (Phi) is 4.66. The second-order valence-electron chi connectivity index (χ2n) is 5.68. The molecule has 0 aromatic carbocycles. The molecule has 0 saturated heterocycles. The van der Waals surface area contributed by atoms with E-state index in [2.05, 4.69) is 33.7 Å². The van der Waals surface area contributed by atoms with E-state index in [1.807, 2.05) is 26.8 Å². The number of nitrogens with zero attached hydrogens (tertiary/aromatic N) is 3. The van der Waals surface area contributed by atoms with Gasteiger partial charge in [0.1, 0.15) is 5.65 Å². The van der Waals surface area contributed by atoms with Crippen molar-refractivity contribution in [1.29, 1.82) is 0 Å². The summed E-state index contributed by atoms with van der Waals surface area (Å²) in [5.41, 5.74) is 3.58. The largest absolute Gasteiger partial charge is 0.354 e. The molecule has 0 aliphatic carbocycles. The van der Waals surface area contributed by atoms with Gasteiger partial charge in [0, 0.05) is 23.4 Å². The van der Waals surface area contributed by atoms with E-state index in [9.17, 15) is 4.79 Å². The third-order valence-corrected chi connectivity index (χ3v) is 5.13. The van der Waals surface area contributed by atoms with E-state index >= 15 is 0 Å². The van der Waals surface area contributed by atoms with Crippen LogP contribution in [-0.4, -0.2) is 21.1 Å². The van der Waals surface area contributed by atoms with E-state index in [1.165, 1.54) is 5.56 Å². The van der Waals surface area contributed by atoms with Crippen LogP contribution < -0.4 is 10.9 Å². The van der Waals surface area contributed by atoms with Crippen molar-refractivity contribution in [2.75, 3.05) is 11.9 Å². The van der Waals surface area contributed by atoms with Gasteiger partial charge in [0.25, 0.3) is 5.56 Å². The van der Waals surface area contributed by atoms with Crippen LogP contribution in [-0.2, 0) is 13.0 Å². The topological polar surface area (TPSA) is 59.8 Å². The fourth-order valence-corrected chi connectivity index (χ4v) is 3.80. The Morgan fingerprint density at radius 1 is 1.21 bits per heavy atom. The summed E-state index contributed by atoms with van der Waals surface area (Å²) in [6.07, 6.45) is 0.972. The van der Waals surface area contributed by atoms with Gasteiger partial charge in [0.2, 0.25) is 5.95 Å². The molecule has 6 heteroatoms. The maximum atomic E-state index is 13.0. The van der Waals surface area contributed by atoms with Crippen LogP contribution >= 0.6 is 11.3 Å². The minimum absolute atomic E-state index is 0.00931. The zero-order chi connectivity index (χ0) is 17.3. The van der Waals surface area contributed by atoms with E-state index in [-0.39, 0.29) is 5.56 Å². The van der Waals surface area contributed by atoms with Crippen LogP contribution in [0.1, 0.15) is 32.0 Å². The van der Waals surface area contributed by atoms with Crippen molar-refractivity contribution in [2.45, 2.75) is 40.7 Å². The minimum atomic E-state index is 0.00931. The normalized spacial score (nSPS) is 11.2. The lowest BCUT2D eigenvalue weighted by Gasteiger charge is -2.13. The number of fused-ring (bicyclic) bond motifs is 1. The van der Waals surface area contributed by atoms with E-state index in [4.69, 9.17) is 0 Å². The molecule has 0 atom stereocenters. The van der Waals surface area contributed by atoms with Crippen LogP contribution in [0.5, 0.6) is 0 Å². The Morgan fingerprint density at radius 3 is 2.62 bits per heavy atom. The van der Waals surface area contributed by atoms with E-state index in [1.54, 1.807) is 15.9 Å². The molecule has 5 nitrogen and oxygen atoms in total. The third-order valence-electron chi connectivity index (χ3n) is 4.11. The van der Waals surface area contributed by atoms with Crippen LogP contribution in [0.25, 0.3) is 21.5 Å². The van der Waals surface area contributed by atoms with Gasteiger partial charge in [-0.2, -0.15) is 4.98 Å². The molecule has 0 spiro atoms. The highest BCUT2D eigenvalue weighted by molar-refractivity contribution is 7.13. The molecule has 0 radical (unpaired) electrons. The molecule has 0 aliphatic heterocycles. The summed E-state index contributed by atoms with van der Waals surface area (Å²) in [4.78, 5) is 23.1. The van der Waals surface area contributed by atoms with E-state index in [0.29, 0.717) is 18.1 Å². The molecular formula is C18H22N4OS. The van der Waals surface area contributed by atoms with Crippen LogP contribution in [0.3, 0.4) is 0 Å². The Labute approximate surface area is 145 Å². The first-order valence-corrected chi connectivity index (χ1v) is 9.20. The van der Waals surface area contributed by atoms with Crippen LogP contribution in [0.15, 0.2) is 22.3 Å². The maximum absolute atomic E-state index is 13.0. The highest BCUT2D eigenvalue weighted by atomic mass is 32.1. The molecule has 3 aromatic heterocycles. The maximum Gasteiger partial charge on any atom is 0.260 e. The molecule has 0 amide bonds. The summed E-state index contributed by atoms with van der Waals surface area (Å²) in [5.74, 6) is 0.571. The van der Waals surface area contributed by atoms with Crippen LogP contribution in [0, 0.1) is 6.92 Å². The van der Waals surface area contributed by atoms with Gasteiger partial charge in [-0.25, -0.2) is 4.98 Å². The fourth-order valence-electron chi connectivity index (χ4n) is 2.80. The molecule has 3 heterocycles. The van der Waals surface area contributed by atoms with Crippen molar-refractivity contribution in [3.63, 3.8) is 0 Å². The van der Waals surface area contributed by atoms with Crippen LogP contribution in [0.4, 0.5) is 5.95 Å². The van der Waals surface area contributed by atoms with Crippen molar-refractivity contribution in [1.82, 2.24) is 14.5 Å².